The van der Waals surface area contributed by atoms with Gasteiger partial charge in [-0.25, -0.2) is 14.3 Å². The highest BCUT2D eigenvalue weighted by Gasteiger charge is 2.37. The Bertz CT molecular complexity index is 2060. The lowest BCUT2D eigenvalue weighted by molar-refractivity contribution is -0.140. The van der Waals surface area contributed by atoms with Crippen molar-refractivity contribution >= 4 is 34.6 Å². The molecule has 1 atom stereocenters. The maximum Gasteiger partial charge on any atom is 0.408 e. The molecule has 2 N–H and O–H groups in total. The van der Waals surface area contributed by atoms with Crippen molar-refractivity contribution in [2.24, 2.45) is 5.92 Å². The second-order valence-electron chi connectivity index (χ2n) is 17.9. The Morgan fingerprint density at radius 1 is 0.817 bits per heavy atom. The standard InChI is InChI=1S/C45H60FN7O7/c1-45(2,3)60-44(58)47-40(31-9-5-4-6-10-31)43(57)52-21-17-33(18-22-52)59-32-15-19-50(20-16-32)29-39(54)51-23-25-53(26-24-51)42(56)36-27-30(13-14-37(36)46)28-38-34-11-7-8-12-35(34)41(55)49-48-38/h7-8,11-14,27,31-33,40H,4-6,9-10,15-26,28-29H2,1-3H3,(H,47,58)(H,49,55). The van der Waals surface area contributed by atoms with Crippen LogP contribution in [0.15, 0.2) is 47.3 Å². The summed E-state index contributed by atoms with van der Waals surface area (Å²) in [6, 6.07) is 11.0. The number of aromatic nitrogens is 2. The van der Waals surface area contributed by atoms with Gasteiger partial charge >= 0.3 is 6.09 Å². The molecule has 1 saturated carbocycles. The van der Waals surface area contributed by atoms with E-state index in [0.29, 0.717) is 74.3 Å². The molecule has 1 aliphatic carbocycles. The van der Waals surface area contributed by atoms with Crippen LogP contribution in [-0.4, -0.2) is 136 Å². The molecule has 2 aromatic carbocycles. The third-order valence-electron chi connectivity index (χ3n) is 12.4. The zero-order chi connectivity index (χ0) is 42.4. The smallest absolute Gasteiger partial charge is 0.408 e. The zero-order valence-electron chi connectivity index (χ0n) is 35.3. The van der Waals surface area contributed by atoms with E-state index in [4.69, 9.17) is 9.47 Å². The van der Waals surface area contributed by atoms with Gasteiger partial charge in [0.15, 0.2) is 0 Å². The Kier molecular flexibility index (Phi) is 13.8. The summed E-state index contributed by atoms with van der Waals surface area (Å²) in [4.78, 5) is 73.0. The van der Waals surface area contributed by atoms with Gasteiger partial charge in [0.05, 0.1) is 35.4 Å². The van der Waals surface area contributed by atoms with Crippen LogP contribution in [0.1, 0.15) is 100 Å². The number of amides is 4. The van der Waals surface area contributed by atoms with E-state index < -0.39 is 29.5 Å². The van der Waals surface area contributed by atoms with Crippen molar-refractivity contribution in [3.8, 4) is 0 Å². The Morgan fingerprint density at radius 3 is 2.12 bits per heavy atom. The number of halogens is 1. The number of rotatable bonds is 10. The highest BCUT2D eigenvalue weighted by atomic mass is 19.1. The summed E-state index contributed by atoms with van der Waals surface area (Å²) < 4.78 is 27.1. The minimum absolute atomic E-state index is 0.0139. The summed E-state index contributed by atoms with van der Waals surface area (Å²) in [5.41, 5.74) is 0.364. The predicted octanol–water partition coefficient (Wildman–Crippen LogP) is 4.88. The zero-order valence-corrected chi connectivity index (χ0v) is 35.3. The molecule has 324 valence electrons. The molecule has 0 bridgehead atoms. The number of nitrogens with zero attached hydrogens (tertiary/aromatic N) is 5. The number of ether oxygens (including phenoxy) is 2. The molecule has 7 rings (SSSR count). The van der Waals surface area contributed by atoms with Gasteiger partial charge in [-0.3, -0.25) is 24.1 Å². The number of hydrogen-bond donors (Lipinski definition) is 2. The van der Waals surface area contributed by atoms with Crippen LogP contribution in [0.2, 0.25) is 0 Å². The topological polar surface area (TPSA) is 157 Å². The number of piperazine rings is 1. The van der Waals surface area contributed by atoms with E-state index in [1.807, 2.05) is 37.8 Å². The Labute approximate surface area is 351 Å². The molecule has 60 heavy (non-hydrogen) atoms. The molecule has 3 aliphatic heterocycles. The largest absolute Gasteiger partial charge is 0.444 e. The molecule has 4 fully saturated rings. The number of fused-ring (bicyclic) bond motifs is 1. The van der Waals surface area contributed by atoms with E-state index in [1.54, 1.807) is 34.1 Å². The SMILES string of the molecule is CC(C)(C)OC(=O)NC(C(=O)N1CCC(OC2CCN(CC(=O)N3CCN(C(=O)c4cc(Cc5n[nH]c(=O)c6ccccc56)ccc4F)CC3)CC2)CC1)C1CCCCC1. The van der Waals surface area contributed by atoms with E-state index in [0.717, 1.165) is 70.9 Å². The Balaban J connectivity index is 0.828. The molecular weight excluding hydrogens is 770 g/mol. The lowest BCUT2D eigenvalue weighted by atomic mass is 9.83. The van der Waals surface area contributed by atoms with Crippen LogP contribution in [0.4, 0.5) is 9.18 Å². The van der Waals surface area contributed by atoms with Crippen molar-refractivity contribution in [1.29, 1.82) is 0 Å². The summed E-state index contributed by atoms with van der Waals surface area (Å²) in [5.74, 6) is -0.926. The van der Waals surface area contributed by atoms with Crippen LogP contribution in [0.3, 0.4) is 0 Å². The second kappa shape index (κ2) is 19.2. The lowest BCUT2D eigenvalue weighted by Gasteiger charge is -2.40. The number of carbonyl (C=O) groups is 4. The number of H-pyrrole nitrogens is 1. The molecular formula is C45H60FN7O7. The van der Waals surface area contributed by atoms with E-state index >= 15 is 4.39 Å². The number of likely N-dealkylation sites (tertiary alicyclic amines) is 2. The van der Waals surface area contributed by atoms with Gasteiger partial charge in [0, 0.05) is 64.2 Å². The van der Waals surface area contributed by atoms with Crippen LogP contribution in [0.5, 0.6) is 0 Å². The molecule has 1 aromatic heterocycles. The average molecular weight is 830 g/mol. The Hall–Kier alpha value is -4.89. The third kappa shape index (κ3) is 10.9. The first-order valence-electron chi connectivity index (χ1n) is 21.8. The highest BCUT2D eigenvalue weighted by Crippen LogP contribution is 2.29. The van der Waals surface area contributed by atoms with Gasteiger partial charge < -0.3 is 29.5 Å². The maximum atomic E-state index is 15.0. The van der Waals surface area contributed by atoms with Crippen molar-refractivity contribution in [3.05, 3.63) is 75.5 Å². The summed E-state index contributed by atoms with van der Waals surface area (Å²) >= 11 is 0. The molecule has 14 nitrogen and oxygen atoms in total. The monoisotopic (exact) mass is 829 g/mol. The van der Waals surface area contributed by atoms with Crippen molar-refractivity contribution in [3.63, 3.8) is 0 Å². The number of alkyl carbamates (subject to hydrolysis) is 1. The lowest BCUT2D eigenvalue weighted by Crippen LogP contribution is -2.55. The fraction of sp³-hybridized carbons (Fsp3) is 0.600. The number of nitrogens with one attached hydrogen (secondary N) is 2. The first kappa shape index (κ1) is 43.2. The van der Waals surface area contributed by atoms with Gasteiger partial charge in [-0.1, -0.05) is 43.5 Å². The summed E-state index contributed by atoms with van der Waals surface area (Å²) in [6.45, 7) is 9.78. The number of aromatic amines is 1. The van der Waals surface area contributed by atoms with Crippen LogP contribution in [0.25, 0.3) is 10.8 Å². The minimum atomic E-state index is -0.643. The molecule has 4 amide bonds. The van der Waals surface area contributed by atoms with Gasteiger partial charge in [0.25, 0.3) is 11.5 Å². The number of benzene rings is 2. The van der Waals surface area contributed by atoms with Crippen molar-refractivity contribution in [2.75, 3.05) is 58.9 Å². The van der Waals surface area contributed by atoms with Gasteiger partial charge in [0.1, 0.15) is 17.5 Å². The molecule has 1 unspecified atom stereocenters. The van der Waals surface area contributed by atoms with Crippen molar-refractivity contribution in [2.45, 2.75) is 109 Å². The fourth-order valence-electron chi connectivity index (χ4n) is 9.13. The second-order valence-corrected chi connectivity index (χ2v) is 17.9. The normalized spacial score (nSPS) is 19.6. The molecule has 15 heteroatoms. The van der Waals surface area contributed by atoms with Crippen LogP contribution in [0, 0.1) is 11.7 Å². The Morgan fingerprint density at radius 2 is 1.45 bits per heavy atom. The molecule has 4 aliphatic rings. The molecule has 3 aromatic rings. The third-order valence-corrected chi connectivity index (χ3v) is 12.4. The van der Waals surface area contributed by atoms with E-state index in [9.17, 15) is 24.0 Å². The molecule has 0 radical (unpaired) electrons. The quantitative estimate of drug-likeness (QED) is 0.291. The molecule has 0 spiro atoms. The van der Waals surface area contributed by atoms with Gasteiger partial charge in [0.2, 0.25) is 11.8 Å². The highest BCUT2D eigenvalue weighted by molar-refractivity contribution is 5.95. The fourth-order valence-corrected chi connectivity index (χ4v) is 9.13. The summed E-state index contributed by atoms with van der Waals surface area (Å²) in [7, 11) is 0. The average Bonchev–Trinajstić information content (AvgIpc) is 3.25. The van der Waals surface area contributed by atoms with Crippen LogP contribution < -0.4 is 10.9 Å². The van der Waals surface area contributed by atoms with E-state index in [-0.39, 0.29) is 41.1 Å². The van der Waals surface area contributed by atoms with Gasteiger partial charge in [-0.15, -0.1) is 0 Å². The molecule has 3 saturated heterocycles. The maximum absolute atomic E-state index is 15.0. The first-order valence-corrected chi connectivity index (χ1v) is 21.8. The number of hydrogen-bond acceptors (Lipinski definition) is 9. The van der Waals surface area contributed by atoms with Crippen LogP contribution >= 0.6 is 0 Å². The summed E-state index contributed by atoms with van der Waals surface area (Å²) in [5, 5.41) is 10.9. The van der Waals surface area contributed by atoms with Crippen molar-refractivity contribution in [1.82, 2.24) is 35.1 Å². The number of carbonyl (C=O) groups excluding carboxylic acids is 4. The van der Waals surface area contributed by atoms with Gasteiger partial charge in [-0.05, 0) is 89.0 Å². The first-order chi connectivity index (χ1) is 28.8. The number of piperidine rings is 2. The summed E-state index contributed by atoms with van der Waals surface area (Å²) in [6.07, 6.45) is 8.16. The predicted molar refractivity (Wildman–Crippen MR) is 224 cm³/mol. The van der Waals surface area contributed by atoms with Crippen molar-refractivity contribution < 1.29 is 33.0 Å². The van der Waals surface area contributed by atoms with Gasteiger partial charge in [-0.2, -0.15) is 5.10 Å². The minimum Gasteiger partial charge on any atom is -0.444 e. The van der Waals surface area contributed by atoms with E-state index in [2.05, 4.69) is 20.4 Å². The van der Waals surface area contributed by atoms with Crippen LogP contribution in [-0.2, 0) is 25.5 Å². The van der Waals surface area contributed by atoms with E-state index in [1.165, 1.54) is 6.07 Å². The molecule has 4 heterocycles.